The van der Waals surface area contributed by atoms with Crippen LogP contribution in [0.3, 0.4) is 0 Å². The average molecular weight is 745 g/mol. The Labute approximate surface area is 277 Å². The first-order chi connectivity index (χ1) is 20.8. The quantitative estimate of drug-likeness (QED) is 0.226. The zero-order valence-electron chi connectivity index (χ0n) is 21.7. The molecule has 0 aromatic heterocycles. The molecule has 0 bridgehead atoms. The Morgan fingerprint density at radius 1 is 0.667 bits per heavy atom. The monoisotopic (exact) mass is 743 g/mol. The first kappa shape index (κ1) is 36.4. The summed E-state index contributed by atoms with van der Waals surface area (Å²) in [4.78, 5) is -0.385. The first-order valence-electron chi connectivity index (χ1n) is 11.3. The van der Waals surface area contributed by atoms with Crippen LogP contribution in [0.15, 0.2) is 65.9 Å². The van der Waals surface area contributed by atoms with E-state index < -0.39 is 54.9 Å². The van der Waals surface area contributed by atoms with Crippen LogP contribution in [-0.2, 0) is 23.7 Å². The Hall–Kier alpha value is -3.05. The van der Waals surface area contributed by atoms with Crippen LogP contribution < -0.4 is 11.5 Å². The second-order valence-corrected chi connectivity index (χ2v) is 12.3. The van der Waals surface area contributed by atoms with E-state index in [4.69, 9.17) is 63.1 Å². The van der Waals surface area contributed by atoms with Gasteiger partial charge in [-0.3, -0.25) is 11.5 Å². The maximum Gasteiger partial charge on any atom is 0.416 e. The molecule has 9 nitrogen and oxygen atoms in total. The summed E-state index contributed by atoms with van der Waals surface area (Å²) in [5, 5.41) is 39.5. The Bertz CT molecular complexity index is 1650. The molecule has 2 aliphatic heterocycles. The van der Waals surface area contributed by atoms with Crippen LogP contribution in [0.1, 0.15) is 29.2 Å². The Balaban J connectivity index is 0.00000177. The standard InChI is InChI=1S/C22H8Cl4F6N8S2.C2H3N/c23-9-1-7(21(27,28)29)2-10(24)15(9)19(35)17(13(5-33)37-39-19)41-42-18-14(6-34)38-40-20(18,36)16-11(25)3-8(4-12(16)26)22(30,31)32;1-2-3/h1-4H,35-36H2;1H3. The molecule has 0 amide bonds. The summed E-state index contributed by atoms with van der Waals surface area (Å²) >= 11 is 24.6. The molecule has 0 radical (unpaired) electrons. The molecule has 0 spiro atoms. The lowest BCUT2D eigenvalue weighted by Gasteiger charge is -2.28. The van der Waals surface area contributed by atoms with E-state index >= 15 is 0 Å². The van der Waals surface area contributed by atoms with Gasteiger partial charge in [0.25, 0.3) is 0 Å². The lowest BCUT2D eigenvalue weighted by molar-refractivity contribution is -0.138. The van der Waals surface area contributed by atoms with E-state index in [0.29, 0.717) is 45.9 Å². The highest BCUT2D eigenvalue weighted by atomic mass is 35.5. The van der Waals surface area contributed by atoms with Gasteiger partial charge in [-0.05, 0) is 45.9 Å². The number of hydrogen-bond donors (Lipinski definition) is 2. The summed E-state index contributed by atoms with van der Waals surface area (Å²) in [6.07, 6.45) is -9.60. The summed E-state index contributed by atoms with van der Waals surface area (Å²) in [6, 6.07) is 7.49. The van der Waals surface area contributed by atoms with Gasteiger partial charge < -0.3 is 0 Å². The van der Waals surface area contributed by atoms with Crippen molar-refractivity contribution in [2.24, 2.45) is 31.9 Å². The van der Waals surface area contributed by atoms with E-state index in [1.807, 2.05) is 0 Å². The summed E-state index contributed by atoms with van der Waals surface area (Å²) in [6.45, 7) is 1.43. The number of allylic oxidation sites excluding steroid dienone is 2. The van der Waals surface area contributed by atoms with E-state index in [2.05, 4.69) is 20.5 Å². The number of halogens is 10. The van der Waals surface area contributed by atoms with Crippen molar-refractivity contribution in [2.75, 3.05) is 0 Å². The molecule has 2 unspecified atom stereocenters. The number of azo groups is 2. The van der Waals surface area contributed by atoms with Gasteiger partial charge in [0.1, 0.15) is 12.1 Å². The Morgan fingerprint density at radius 2 is 0.933 bits per heavy atom. The van der Waals surface area contributed by atoms with Gasteiger partial charge in [-0.2, -0.15) is 52.4 Å². The number of nitriles is 3. The number of hydrogen-bond acceptors (Lipinski definition) is 11. The highest BCUT2D eigenvalue weighted by Gasteiger charge is 2.48. The third kappa shape index (κ3) is 7.04. The summed E-state index contributed by atoms with van der Waals surface area (Å²) < 4.78 is 79.6. The second-order valence-electron chi connectivity index (χ2n) is 8.53. The number of alkyl halides is 6. The highest BCUT2D eigenvalue weighted by molar-refractivity contribution is 8.79. The van der Waals surface area contributed by atoms with Crippen molar-refractivity contribution in [1.82, 2.24) is 0 Å². The molecule has 4 N–H and O–H groups in total. The van der Waals surface area contributed by atoms with Crippen LogP contribution in [0.2, 0.25) is 20.1 Å². The molecule has 0 saturated carbocycles. The van der Waals surface area contributed by atoms with Crippen molar-refractivity contribution in [1.29, 1.82) is 15.8 Å². The van der Waals surface area contributed by atoms with E-state index in [9.17, 15) is 36.9 Å². The van der Waals surface area contributed by atoms with Crippen molar-refractivity contribution in [3.05, 3.63) is 87.8 Å². The zero-order valence-corrected chi connectivity index (χ0v) is 26.3. The van der Waals surface area contributed by atoms with Crippen molar-refractivity contribution < 1.29 is 26.3 Å². The normalized spacial score (nSPS) is 20.9. The van der Waals surface area contributed by atoms with Crippen LogP contribution in [0.4, 0.5) is 26.3 Å². The molecule has 2 aromatic carbocycles. The van der Waals surface area contributed by atoms with Crippen LogP contribution in [0.25, 0.3) is 0 Å². The summed E-state index contributed by atoms with van der Waals surface area (Å²) in [5.74, 6) is 0. The molecule has 2 aliphatic rings. The Morgan fingerprint density at radius 3 is 1.16 bits per heavy atom. The minimum atomic E-state index is -4.80. The van der Waals surface area contributed by atoms with Gasteiger partial charge in [-0.15, -0.1) is 10.2 Å². The molecule has 234 valence electrons. The first-order valence-corrected chi connectivity index (χ1v) is 15.0. The van der Waals surface area contributed by atoms with Gasteiger partial charge in [0.15, 0.2) is 22.7 Å². The van der Waals surface area contributed by atoms with E-state index in [0.717, 1.165) is 0 Å². The van der Waals surface area contributed by atoms with Gasteiger partial charge in [-0.1, -0.05) is 46.4 Å². The van der Waals surface area contributed by atoms with E-state index in [1.165, 1.54) is 6.92 Å². The fraction of sp³-hybridized carbons (Fsp3) is 0.208. The summed E-state index contributed by atoms with van der Waals surface area (Å²) in [7, 11) is 1.25. The molecule has 2 heterocycles. The SMILES string of the molecule is CC#N.N#CC1=C(SSC2=C(C#N)N=NC2(N)c2c(Cl)cc(C(F)(F)F)cc2Cl)C(N)(c2c(Cl)cc(C(F)(F)F)cc2Cl)N=N1. The highest BCUT2D eigenvalue weighted by Crippen LogP contribution is 2.57. The smallest absolute Gasteiger partial charge is 0.297 e. The van der Waals surface area contributed by atoms with Gasteiger partial charge in [-0.25, -0.2) is 0 Å². The van der Waals surface area contributed by atoms with Gasteiger partial charge in [0.2, 0.25) is 0 Å². The van der Waals surface area contributed by atoms with Gasteiger partial charge in [0.05, 0.1) is 47.1 Å². The average Bonchev–Trinajstić information content (AvgIpc) is 3.41. The third-order valence-electron chi connectivity index (χ3n) is 5.66. The molecular formula is C24H11Cl4F6N9S2. The van der Waals surface area contributed by atoms with Gasteiger partial charge in [0, 0.05) is 18.1 Å². The predicted molar refractivity (Wildman–Crippen MR) is 156 cm³/mol. The Kier molecular flexibility index (Phi) is 10.8. The molecule has 0 aliphatic carbocycles. The topological polar surface area (TPSA) is 173 Å². The number of nitrogens with zero attached hydrogens (tertiary/aromatic N) is 7. The molecule has 2 atom stereocenters. The van der Waals surface area contributed by atoms with E-state index in [1.54, 1.807) is 18.2 Å². The lowest BCUT2D eigenvalue weighted by Crippen LogP contribution is -2.36. The van der Waals surface area contributed by atoms with Crippen molar-refractivity contribution in [3.8, 4) is 18.2 Å². The zero-order chi connectivity index (χ0) is 34.1. The maximum atomic E-state index is 13.3. The van der Waals surface area contributed by atoms with Crippen LogP contribution >= 0.6 is 68.0 Å². The number of benzene rings is 2. The molecule has 45 heavy (non-hydrogen) atoms. The van der Waals surface area contributed by atoms with Crippen molar-refractivity contribution in [3.63, 3.8) is 0 Å². The minimum absolute atomic E-state index is 0.192. The predicted octanol–water partition coefficient (Wildman–Crippen LogP) is 9.57. The lowest BCUT2D eigenvalue weighted by atomic mass is 9.98. The molecule has 21 heteroatoms. The van der Waals surface area contributed by atoms with Crippen molar-refractivity contribution in [2.45, 2.75) is 30.6 Å². The molecule has 2 aromatic rings. The number of nitrogens with two attached hydrogens (primary N) is 2. The molecule has 4 rings (SSSR count). The fourth-order valence-electron chi connectivity index (χ4n) is 3.76. The molecule has 0 saturated heterocycles. The second kappa shape index (κ2) is 13.4. The largest absolute Gasteiger partial charge is 0.416 e. The number of rotatable bonds is 5. The van der Waals surface area contributed by atoms with Crippen LogP contribution in [0, 0.1) is 34.0 Å². The minimum Gasteiger partial charge on any atom is -0.297 e. The van der Waals surface area contributed by atoms with Crippen molar-refractivity contribution >= 4 is 68.0 Å². The molecular weight excluding hydrogens is 734 g/mol. The maximum absolute atomic E-state index is 13.3. The fourth-order valence-corrected chi connectivity index (χ4v) is 8.09. The third-order valence-corrected chi connectivity index (χ3v) is 9.53. The van der Waals surface area contributed by atoms with Crippen LogP contribution in [0.5, 0.6) is 0 Å². The van der Waals surface area contributed by atoms with E-state index in [-0.39, 0.29) is 32.3 Å². The summed E-state index contributed by atoms with van der Waals surface area (Å²) in [5.41, 5.74) is 4.73. The van der Waals surface area contributed by atoms with Crippen LogP contribution in [-0.4, -0.2) is 0 Å². The molecule has 0 fully saturated rings. The van der Waals surface area contributed by atoms with Gasteiger partial charge >= 0.3 is 12.4 Å².